The van der Waals surface area contributed by atoms with E-state index in [1.807, 2.05) is 6.92 Å². The van der Waals surface area contributed by atoms with Crippen molar-refractivity contribution < 1.29 is 42.9 Å². The van der Waals surface area contributed by atoms with E-state index in [1.54, 1.807) is 6.07 Å². The van der Waals surface area contributed by atoms with Crippen molar-refractivity contribution in [3.05, 3.63) is 27.8 Å². The van der Waals surface area contributed by atoms with Crippen LogP contribution in [0.5, 0.6) is 11.5 Å². The Morgan fingerprint density at radius 3 is 2.02 bits per heavy atom. The molecule has 1 aromatic rings. The lowest BCUT2D eigenvalue weighted by Crippen LogP contribution is -2.45. The first kappa shape index (κ1) is 42.3. The molecule has 2 atom stereocenters. The summed E-state index contributed by atoms with van der Waals surface area (Å²) in [4.78, 5) is 35.7. The minimum absolute atomic E-state index is 0.0361. The van der Waals surface area contributed by atoms with Crippen molar-refractivity contribution in [2.75, 3.05) is 85.4 Å². The van der Waals surface area contributed by atoms with Crippen LogP contribution in [0.4, 0.5) is 5.69 Å². The molecule has 4 N–H and O–H groups in total. The minimum Gasteiger partial charge on any atom is -0.493 e. The SMILES string of the molecule is CCCCC(C)C(=O)NCCNC(=O)C(N)CSCc1cc(OCCOCCOCCOCCOCC(C)C)c(OC)cc1[N+](=O)[O-]. The number of nitrogens with zero attached hydrogens (tertiary/aromatic N) is 1. The van der Waals surface area contributed by atoms with Crippen LogP contribution in [-0.4, -0.2) is 108 Å². The molecule has 2 amide bonds. The van der Waals surface area contributed by atoms with E-state index in [-0.39, 0.29) is 60.4 Å². The second-order valence-corrected chi connectivity index (χ2v) is 12.3. The van der Waals surface area contributed by atoms with Gasteiger partial charge in [0.05, 0.1) is 70.4 Å². The highest BCUT2D eigenvalue weighted by molar-refractivity contribution is 7.98. The molecule has 0 aliphatic heterocycles. The molecule has 0 saturated carbocycles. The molecule has 0 heterocycles. The first-order valence-electron chi connectivity index (χ1n) is 16.3. The van der Waals surface area contributed by atoms with Crippen molar-refractivity contribution >= 4 is 29.3 Å². The van der Waals surface area contributed by atoms with Gasteiger partial charge in [0.2, 0.25) is 11.8 Å². The number of ether oxygens (including phenoxy) is 6. The number of benzene rings is 1. The normalized spacial score (nSPS) is 12.5. The standard InChI is InChI=1S/C32H56N4O10S/c1-6-7-8-25(4)31(37)34-9-10-35-32(38)27(33)23-47-22-26-19-30(29(41-5)20-28(26)36(39)40)46-18-17-44-14-13-42-11-12-43-15-16-45-21-24(2)3/h19-20,24-25,27H,6-18,21-23,33H2,1-5H3,(H,34,37)(H,35,38). The van der Waals surface area contributed by atoms with Crippen molar-refractivity contribution in [2.24, 2.45) is 17.6 Å². The van der Waals surface area contributed by atoms with Crippen LogP contribution < -0.4 is 25.8 Å². The third kappa shape index (κ3) is 19.7. The maximum atomic E-state index is 12.4. The molecule has 0 bridgehead atoms. The molecule has 2 unspecified atom stereocenters. The summed E-state index contributed by atoms with van der Waals surface area (Å²) in [7, 11) is 1.41. The van der Waals surface area contributed by atoms with Gasteiger partial charge in [-0.1, -0.05) is 40.5 Å². The first-order chi connectivity index (χ1) is 22.6. The summed E-state index contributed by atoms with van der Waals surface area (Å²) in [6.07, 6.45) is 2.85. The third-order valence-corrected chi connectivity index (χ3v) is 7.78. The Bertz CT molecular complexity index is 1030. The van der Waals surface area contributed by atoms with Gasteiger partial charge in [-0.3, -0.25) is 19.7 Å². The lowest BCUT2D eigenvalue weighted by atomic mass is 10.0. The van der Waals surface area contributed by atoms with Crippen LogP contribution >= 0.6 is 11.8 Å². The van der Waals surface area contributed by atoms with Gasteiger partial charge in [0.1, 0.15) is 6.61 Å². The summed E-state index contributed by atoms with van der Waals surface area (Å²) in [6, 6.07) is 2.06. The van der Waals surface area contributed by atoms with E-state index in [0.717, 1.165) is 25.9 Å². The van der Waals surface area contributed by atoms with E-state index in [2.05, 4.69) is 31.4 Å². The molecule has 1 aromatic carbocycles. The zero-order chi connectivity index (χ0) is 34.9. The minimum atomic E-state index is -0.824. The molecular formula is C32H56N4O10S. The quantitative estimate of drug-likeness (QED) is 0.0635. The number of rotatable bonds is 29. The number of carbonyl (C=O) groups is 2. The van der Waals surface area contributed by atoms with E-state index in [0.29, 0.717) is 63.4 Å². The monoisotopic (exact) mass is 688 g/mol. The van der Waals surface area contributed by atoms with E-state index >= 15 is 0 Å². The average Bonchev–Trinajstić information content (AvgIpc) is 3.04. The predicted molar refractivity (Wildman–Crippen MR) is 182 cm³/mol. The smallest absolute Gasteiger partial charge is 0.277 e. The van der Waals surface area contributed by atoms with Crippen molar-refractivity contribution in [3.63, 3.8) is 0 Å². The van der Waals surface area contributed by atoms with E-state index in [4.69, 9.17) is 34.2 Å². The van der Waals surface area contributed by atoms with Crippen molar-refractivity contribution in [3.8, 4) is 11.5 Å². The van der Waals surface area contributed by atoms with Gasteiger partial charge < -0.3 is 44.8 Å². The second-order valence-electron chi connectivity index (χ2n) is 11.3. The summed E-state index contributed by atoms with van der Waals surface area (Å²) < 4.78 is 33.1. The molecule has 0 aliphatic carbocycles. The maximum Gasteiger partial charge on any atom is 0.277 e. The highest BCUT2D eigenvalue weighted by atomic mass is 32.2. The van der Waals surface area contributed by atoms with Gasteiger partial charge >= 0.3 is 0 Å². The third-order valence-electron chi connectivity index (χ3n) is 6.67. The number of carbonyl (C=O) groups excluding carboxylic acids is 2. The lowest BCUT2D eigenvalue weighted by Gasteiger charge is -2.15. The molecule has 0 fully saturated rings. The zero-order valence-electron chi connectivity index (χ0n) is 28.7. The van der Waals surface area contributed by atoms with Gasteiger partial charge in [0.25, 0.3) is 5.69 Å². The Balaban J connectivity index is 2.39. The predicted octanol–water partition coefficient (Wildman–Crippen LogP) is 3.32. The van der Waals surface area contributed by atoms with Crippen LogP contribution in [0, 0.1) is 22.0 Å². The van der Waals surface area contributed by atoms with Crippen molar-refractivity contribution in [1.82, 2.24) is 10.6 Å². The second kappa shape index (κ2) is 26.3. The topological polar surface area (TPSA) is 183 Å². The van der Waals surface area contributed by atoms with Crippen molar-refractivity contribution in [2.45, 2.75) is 58.8 Å². The maximum absolute atomic E-state index is 12.4. The zero-order valence-corrected chi connectivity index (χ0v) is 29.5. The van der Waals surface area contributed by atoms with E-state index in [1.165, 1.54) is 24.9 Å². The fourth-order valence-corrected chi connectivity index (χ4v) is 5.00. The Hall–Kier alpha value is -2.69. The molecule has 0 radical (unpaired) electrons. The largest absolute Gasteiger partial charge is 0.493 e. The average molecular weight is 689 g/mol. The highest BCUT2D eigenvalue weighted by Crippen LogP contribution is 2.36. The number of nitro benzene ring substituents is 1. The fourth-order valence-electron chi connectivity index (χ4n) is 4.03. The van der Waals surface area contributed by atoms with Gasteiger partial charge in [-0.25, -0.2) is 0 Å². The number of hydrogen-bond acceptors (Lipinski definition) is 12. The Labute approximate surface area is 283 Å². The first-order valence-corrected chi connectivity index (χ1v) is 17.4. The van der Waals surface area contributed by atoms with Crippen LogP contribution in [0.1, 0.15) is 52.5 Å². The summed E-state index contributed by atoms with van der Waals surface area (Å²) in [5, 5.41) is 17.3. The summed E-state index contributed by atoms with van der Waals surface area (Å²) in [5.41, 5.74) is 6.33. The number of nitrogens with one attached hydrogen (secondary N) is 2. The molecule has 270 valence electrons. The number of thioether (sulfide) groups is 1. The molecule has 1 rings (SSSR count). The lowest BCUT2D eigenvalue weighted by molar-refractivity contribution is -0.385. The Kier molecular flexibility index (Phi) is 23.7. The fraction of sp³-hybridized carbons (Fsp3) is 0.750. The van der Waals surface area contributed by atoms with Gasteiger partial charge in [0, 0.05) is 42.7 Å². The van der Waals surface area contributed by atoms with Gasteiger partial charge in [0.15, 0.2) is 11.5 Å². The molecule has 14 nitrogen and oxygen atoms in total. The Morgan fingerprint density at radius 1 is 0.894 bits per heavy atom. The molecule has 0 saturated heterocycles. The van der Waals surface area contributed by atoms with Crippen molar-refractivity contribution in [1.29, 1.82) is 0 Å². The summed E-state index contributed by atoms with van der Waals surface area (Å²) in [5.74, 6) is 1.07. The summed E-state index contributed by atoms with van der Waals surface area (Å²) in [6.45, 7) is 12.7. The highest BCUT2D eigenvalue weighted by Gasteiger charge is 2.21. The molecule has 47 heavy (non-hydrogen) atoms. The van der Waals surface area contributed by atoms with Crippen LogP contribution in [0.3, 0.4) is 0 Å². The van der Waals surface area contributed by atoms with Crippen LogP contribution in [-0.2, 0) is 34.3 Å². The van der Waals surface area contributed by atoms with Gasteiger partial charge in [-0.05, 0) is 18.4 Å². The molecular weight excluding hydrogens is 632 g/mol. The van der Waals surface area contributed by atoms with Gasteiger partial charge in [-0.2, -0.15) is 11.8 Å². The molecule has 15 heteroatoms. The number of amides is 2. The van der Waals surface area contributed by atoms with E-state index in [9.17, 15) is 19.7 Å². The Morgan fingerprint density at radius 2 is 1.47 bits per heavy atom. The van der Waals surface area contributed by atoms with Crippen LogP contribution in [0.2, 0.25) is 0 Å². The van der Waals surface area contributed by atoms with Crippen LogP contribution in [0.25, 0.3) is 0 Å². The number of nitrogens with two attached hydrogens (primary N) is 1. The van der Waals surface area contributed by atoms with Gasteiger partial charge in [-0.15, -0.1) is 0 Å². The van der Waals surface area contributed by atoms with Crippen LogP contribution in [0.15, 0.2) is 12.1 Å². The molecule has 0 aromatic heterocycles. The number of methoxy groups -OCH3 is 1. The molecule has 0 spiro atoms. The summed E-state index contributed by atoms with van der Waals surface area (Å²) >= 11 is 1.29. The number of nitro groups is 1. The van der Waals surface area contributed by atoms with E-state index < -0.39 is 11.0 Å². The number of unbranched alkanes of at least 4 members (excludes halogenated alkanes) is 1. The molecule has 0 aliphatic rings. The number of hydrogen-bond donors (Lipinski definition) is 3.